The summed E-state index contributed by atoms with van der Waals surface area (Å²) in [6, 6.07) is 13.8. The molecule has 0 aliphatic heterocycles. The van der Waals surface area contributed by atoms with Gasteiger partial charge in [0.1, 0.15) is 5.82 Å². The predicted octanol–water partition coefficient (Wildman–Crippen LogP) is 3.64. The third-order valence-electron chi connectivity index (χ3n) is 3.19. The van der Waals surface area contributed by atoms with Gasteiger partial charge in [-0.05, 0) is 30.2 Å². The quantitative estimate of drug-likeness (QED) is 0.705. The van der Waals surface area contributed by atoms with Gasteiger partial charge in [-0.1, -0.05) is 30.3 Å². The van der Waals surface area contributed by atoms with Crippen molar-refractivity contribution in [3.63, 3.8) is 0 Å². The molecular weight excluding hydrogens is 241 g/mol. The molecule has 1 heterocycles. The van der Waals surface area contributed by atoms with E-state index in [0.717, 1.165) is 16.8 Å². The Balaban J connectivity index is 2.34. The van der Waals surface area contributed by atoms with Crippen LogP contribution >= 0.6 is 0 Å². The first-order valence-electron chi connectivity index (χ1n) is 6.04. The Morgan fingerprint density at radius 1 is 1.05 bits per heavy atom. The molecule has 3 rings (SSSR count). The molecule has 0 saturated heterocycles. The van der Waals surface area contributed by atoms with Crippen LogP contribution in [-0.2, 0) is 0 Å². The van der Waals surface area contributed by atoms with Gasteiger partial charge in [0.2, 0.25) is 0 Å². The second kappa shape index (κ2) is 4.35. The standard InChI is InChI=1S/C16H12FNO/c1-10-7-12(17)8-13-15(19)9-14(18-16(10)13)11-5-3-2-4-6-11/h2-9H,1H3,(H,18,19). The summed E-state index contributed by atoms with van der Waals surface area (Å²) in [6.45, 7) is 1.79. The summed E-state index contributed by atoms with van der Waals surface area (Å²) in [5.74, 6) is -0.386. The molecule has 0 radical (unpaired) electrons. The Hall–Kier alpha value is -2.42. The van der Waals surface area contributed by atoms with Crippen LogP contribution in [0.5, 0.6) is 0 Å². The number of aryl methyl sites for hydroxylation is 1. The molecule has 0 fully saturated rings. The molecule has 0 saturated carbocycles. The molecule has 0 aliphatic carbocycles. The summed E-state index contributed by atoms with van der Waals surface area (Å²) in [5, 5.41) is 0.386. The van der Waals surface area contributed by atoms with Crippen LogP contribution in [0, 0.1) is 12.7 Å². The number of fused-ring (bicyclic) bond motifs is 1. The minimum absolute atomic E-state index is 0.171. The molecule has 3 aromatic rings. The Morgan fingerprint density at radius 2 is 1.79 bits per heavy atom. The highest BCUT2D eigenvalue weighted by atomic mass is 19.1. The van der Waals surface area contributed by atoms with E-state index in [4.69, 9.17) is 0 Å². The van der Waals surface area contributed by atoms with Gasteiger partial charge in [0.25, 0.3) is 0 Å². The Morgan fingerprint density at radius 3 is 2.53 bits per heavy atom. The summed E-state index contributed by atoms with van der Waals surface area (Å²) in [4.78, 5) is 15.3. The lowest BCUT2D eigenvalue weighted by Gasteiger charge is -2.07. The zero-order valence-electron chi connectivity index (χ0n) is 10.4. The Kier molecular flexibility index (Phi) is 2.67. The number of aromatic nitrogens is 1. The lowest BCUT2D eigenvalue weighted by Crippen LogP contribution is -2.04. The molecule has 19 heavy (non-hydrogen) atoms. The van der Waals surface area contributed by atoms with E-state index in [-0.39, 0.29) is 11.2 Å². The highest BCUT2D eigenvalue weighted by Crippen LogP contribution is 2.20. The maximum absolute atomic E-state index is 13.3. The highest BCUT2D eigenvalue weighted by Gasteiger charge is 2.07. The van der Waals surface area contributed by atoms with Gasteiger partial charge in [0.15, 0.2) is 5.43 Å². The van der Waals surface area contributed by atoms with E-state index in [2.05, 4.69) is 4.98 Å². The van der Waals surface area contributed by atoms with Gasteiger partial charge in [-0.15, -0.1) is 0 Å². The molecule has 0 aliphatic rings. The number of hydrogen-bond acceptors (Lipinski definition) is 1. The molecule has 3 heteroatoms. The molecule has 0 amide bonds. The fourth-order valence-electron chi connectivity index (χ4n) is 2.26. The number of benzene rings is 2. The minimum Gasteiger partial charge on any atom is -0.354 e. The average Bonchev–Trinajstić information content (AvgIpc) is 2.41. The summed E-state index contributed by atoms with van der Waals surface area (Å²) in [7, 11) is 0. The Labute approximate surface area is 109 Å². The summed E-state index contributed by atoms with van der Waals surface area (Å²) in [6.07, 6.45) is 0. The van der Waals surface area contributed by atoms with Crippen molar-refractivity contribution in [2.24, 2.45) is 0 Å². The van der Waals surface area contributed by atoms with Crippen LogP contribution < -0.4 is 5.43 Å². The molecule has 0 unspecified atom stereocenters. The van der Waals surface area contributed by atoms with Gasteiger partial charge < -0.3 is 4.98 Å². The second-order valence-corrected chi connectivity index (χ2v) is 4.56. The van der Waals surface area contributed by atoms with Crippen molar-refractivity contribution in [3.8, 4) is 11.3 Å². The third kappa shape index (κ3) is 2.03. The van der Waals surface area contributed by atoms with E-state index in [1.807, 2.05) is 30.3 Å². The molecular formula is C16H12FNO. The van der Waals surface area contributed by atoms with Gasteiger partial charge in [-0.3, -0.25) is 4.79 Å². The van der Waals surface area contributed by atoms with Crippen LogP contribution in [0.2, 0.25) is 0 Å². The van der Waals surface area contributed by atoms with Crippen molar-refractivity contribution < 1.29 is 4.39 Å². The normalized spacial score (nSPS) is 10.8. The number of halogens is 1. The maximum atomic E-state index is 13.3. The van der Waals surface area contributed by atoms with E-state index in [1.54, 1.807) is 6.92 Å². The van der Waals surface area contributed by atoms with E-state index in [0.29, 0.717) is 10.9 Å². The number of pyridine rings is 1. The number of nitrogens with one attached hydrogen (secondary N) is 1. The van der Waals surface area contributed by atoms with E-state index < -0.39 is 0 Å². The van der Waals surface area contributed by atoms with Crippen LogP contribution in [0.3, 0.4) is 0 Å². The zero-order chi connectivity index (χ0) is 13.4. The number of rotatable bonds is 1. The lowest BCUT2D eigenvalue weighted by molar-refractivity contribution is 0.628. The third-order valence-corrected chi connectivity index (χ3v) is 3.19. The summed E-state index contributed by atoms with van der Waals surface area (Å²) >= 11 is 0. The molecule has 1 aromatic heterocycles. The minimum atomic E-state index is -0.386. The second-order valence-electron chi connectivity index (χ2n) is 4.56. The van der Waals surface area contributed by atoms with Gasteiger partial charge in [-0.2, -0.15) is 0 Å². The number of hydrogen-bond donors (Lipinski definition) is 1. The van der Waals surface area contributed by atoms with E-state index in [1.165, 1.54) is 18.2 Å². The van der Waals surface area contributed by atoms with Crippen LogP contribution in [0.15, 0.2) is 53.3 Å². The van der Waals surface area contributed by atoms with Crippen molar-refractivity contribution in [1.29, 1.82) is 0 Å². The monoisotopic (exact) mass is 253 g/mol. The first kappa shape index (κ1) is 11.7. The molecule has 2 nitrogen and oxygen atoms in total. The van der Waals surface area contributed by atoms with Crippen molar-refractivity contribution in [1.82, 2.24) is 4.98 Å². The molecule has 2 aromatic carbocycles. The summed E-state index contributed by atoms with van der Waals surface area (Å²) < 4.78 is 13.3. The van der Waals surface area contributed by atoms with Crippen molar-refractivity contribution >= 4 is 10.9 Å². The van der Waals surface area contributed by atoms with Crippen molar-refractivity contribution in [2.75, 3.05) is 0 Å². The zero-order valence-corrected chi connectivity index (χ0v) is 10.4. The van der Waals surface area contributed by atoms with Gasteiger partial charge in [-0.25, -0.2) is 4.39 Å². The topological polar surface area (TPSA) is 32.9 Å². The molecule has 0 bridgehead atoms. The molecule has 0 atom stereocenters. The highest BCUT2D eigenvalue weighted by molar-refractivity contribution is 5.84. The van der Waals surface area contributed by atoms with Crippen molar-refractivity contribution in [3.05, 3.63) is 70.1 Å². The largest absolute Gasteiger partial charge is 0.354 e. The average molecular weight is 253 g/mol. The first-order valence-corrected chi connectivity index (χ1v) is 6.04. The van der Waals surface area contributed by atoms with Crippen LogP contribution in [0.4, 0.5) is 4.39 Å². The fraction of sp³-hybridized carbons (Fsp3) is 0.0625. The first-order chi connectivity index (χ1) is 9.15. The van der Waals surface area contributed by atoms with Crippen LogP contribution in [0.25, 0.3) is 22.2 Å². The Bertz CT molecular complexity index is 806. The number of aromatic amines is 1. The lowest BCUT2D eigenvalue weighted by atomic mass is 10.1. The molecule has 94 valence electrons. The predicted molar refractivity (Wildman–Crippen MR) is 74.7 cm³/mol. The van der Waals surface area contributed by atoms with Crippen LogP contribution in [0.1, 0.15) is 5.56 Å². The van der Waals surface area contributed by atoms with Gasteiger partial charge in [0.05, 0.1) is 5.52 Å². The smallest absolute Gasteiger partial charge is 0.190 e. The summed E-state index contributed by atoms with van der Waals surface area (Å²) in [5.41, 5.74) is 2.92. The van der Waals surface area contributed by atoms with E-state index >= 15 is 0 Å². The van der Waals surface area contributed by atoms with Crippen molar-refractivity contribution in [2.45, 2.75) is 6.92 Å². The fourth-order valence-corrected chi connectivity index (χ4v) is 2.26. The van der Waals surface area contributed by atoms with Crippen LogP contribution in [-0.4, -0.2) is 4.98 Å². The maximum Gasteiger partial charge on any atom is 0.190 e. The van der Waals surface area contributed by atoms with E-state index in [9.17, 15) is 9.18 Å². The molecule has 1 N–H and O–H groups in total. The number of H-pyrrole nitrogens is 1. The van der Waals surface area contributed by atoms with Gasteiger partial charge >= 0.3 is 0 Å². The SMILES string of the molecule is Cc1cc(F)cc2c(=O)cc(-c3ccccc3)[nH]c12. The van der Waals surface area contributed by atoms with Gasteiger partial charge in [0, 0.05) is 17.1 Å². The molecule has 0 spiro atoms.